The molecule has 1 aliphatic heterocycles. The summed E-state index contributed by atoms with van der Waals surface area (Å²) in [6.07, 6.45) is -0.475. The molecule has 19 heavy (non-hydrogen) atoms. The first kappa shape index (κ1) is 14.2. The Kier molecular flexibility index (Phi) is 4.66. The lowest BCUT2D eigenvalue weighted by atomic mass is 10.2. The van der Waals surface area contributed by atoms with Gasteiger partial charge in [-0.2, -0.15) is 0 Å². The van der Waals surface area contributed by atoms with Gasteiger partial charge in [-0.25, -0.2) is 0 Å². The maximum Gasteiger partial charge on any atom is 0.263 e. The first-order chi connectivity index (χ1) is 9.06. The maximum atomic E-state index is 12.3. The molecule has 0 radical (unpaired) electrons. The number of ether oxygens (including phenoxy) is 1. The van der Waals surface area contributed by atoms with Crippen LogP contribution >= 0.6 is 11.6 Å². The number of nitrogens with zero attached hydrogens (tertiary/aromatic N) is 1. The molecule has 1 heterocycles. The van der Waals surface area contributed by atoms with Crippen LogP contribution in [0.3, 0.4) is 0 Å². The minimum Gasteiger partial charge on any atom is -0.481 e. The third-order valence-corrected chi connectivity index (χ3v) is 3.62. The molecule has 1 aliphatic rings. The van der Waals surface area contributed by atoms with Gasteiger partial charge in [0.05, 0.1) is 33.2 Å². The molecule has 1 fully saturated rings. The highest BCUT2D eigenvalue weighted by molar-refractivity contribution is 6.30. The van der Waals surface area contributed by atoms with Crippen molar-refractivity contribution in [3.63, 3.8) is 0 Å². The molecule has 5 heteroatoms. The molecule has 0 unspecified atom stereocenters. The van der Waals surface area contributed by atoms with Crippen LogP contribution in [0.1, 0.15) is 6.92 Å². The fraction of sp³-hybridized carbons (Fsp3) is 0.500. The highest BCUT2D eigenvalue weighted by Gasteiger charge is 2.26. The number of halogens is 1. The number of amides is 1. The van der Waals surface area contributed by atoms with Gasteiger partial charge in [0, 0.05) is 5.02 Å². The van der Waals surface area contributed by atoms with Crippen molar-refractivity contribution in [1.29, 1.82) is 0 Å². The predicted octanol–water partition coefficient (Wildman–Crippen LogP) is 0.464. The Balaban J connectivity index is 1.92. The molecule has 1 amide bonds. The zero-order valence-corrected chi connectivity index (χ0v) is 12.1. The van der Waals surface area contributed by atoms with Gasteiger partial charge in [0.1, 0.15) is 5.75 Å². The molecule has 0 saturated carbocycles. The molecule has 0 aromatic heterocycles. The Hall–Kier alpha value is -1.26. The molecule has 1 aromatic carbocycles. The van der Waals surface area contributed by atoms with Crippen molar-refractivity contribution in [3.8, 4) is 5.75 Å². The summed E-state index contributed by atoms with van der Waals surface area (Å²) in [7, 11) is 2.15. The number of likely N-dealkylation sites (N-methyl/N-ethyl adjacent to an activating group) is 1. The third kappa shape index (κ3) is 3.85. The van der Waals surface area contributed by atoms with E-state index in [1.54, 1.807) is 19.1 Å². The SMILES string of the molecule is C[C@H](Oc1cccc(Cl)c1)C(=O)N1CC[NH+](C)CC1. The number of nitrogens with one attached hydrogen (secondary N) is 1. The average molecular weight is 284 g/mol. The summed E-state index contributed by atoms with van der Waals surface area (Å²) in [6, 6.07) is 7.13. The fourth-order valence-corrected chi connectivity index (χ4v) is 2.34. The van der Waals surface area contributed by atoms with Crippen molar-refractivity contribution >= 4 is 17.5 Å². The molecule has 104 valence electrons. The van der Waals surface area contributed by atoms with Gasteiger partial charge in [-0.1, -0.05) is 17.7 Å². The van der Waals surface area contributed by atoms with Gasteiger partial charge in [-0.15, -0.1) is 0 Å². The zero-order valence-electron chi connectivity index (χ0n) is 11.4. The first-order valence-corrected chi connectivity index (χ1v) is 6.96. The second kappa shape index (κ2) is 6.26. The van der Waals surface area contributed by atoms with E-state index in [4.69, 9.17) is 16.3 Å². The smallest absolute Gasteiger partial charge is 0.263 e. The summed E-state index contributed by atoms with van der Waals surface area (Å²) in [5, 5.41) is 0.611. The number of quaternary nitrogens is 1. The highest BCUT2D eigenvalue weighted by atomic mass is 35.5. The number of hydrogen-bond donors (Lipinski definition) is 1. The first-order valence-electron chi connectivity index (χ1n) is 6.58. The van der Waals surface area contributed by atoms with E-state index in [0.29, 0.717) is 10.8 Å². The summed E-state index contributed by atoms with van der Waals surface area (Å²) in [4.78, 5) is 15.6. The van der Waals surface area contributed by atoms with Crippen molar-refractivity contribution in [2.45, 2.75) is 13.0 Å². The van der Waals surface area contributed by atoms with Crippen molar-refractivity contribution in [3.05, 3.63) is 29.3 Å². The number of benzene rings is 1. The second-order valence-electron chi connectivity index (χ2n) is 5.00. The maximum absolute atomic E-state index is 12.3. The van der Waals surface area contributed by atoms with E-state index in [2.05, 4.69) is 7.05 Å². The summed E-state index contributed by atoms with van der Waals surface area (Å²) >= 11 is 5.89. The van der Waals surface area contributed by atoms with Crippen LogP contribution in [0, 0.1) is 0 Å². The van der Waals surface area contributed by atoms with Crippen LogP contribution in [-0.2, 0) is 4.79 Å². The second-order valence-corrected chi connectivity index (χ2v) is 5.44. The summed E-state index contributed by atoms with van der Waals surface area (Å²) in [6.45, 7) is 5.38. The van der Waals surface area contributed by atoms with Crippen LogP contribution in [0.2, 0.25) is 5.02 Å². The van der Waals surface area contributed by atoms with Crippen molar-refractivity contribution in [1.82, 2.24) is 4.90 Å². The predicted molar refractivity (Wildman–Crippen MR) is 74.7 cm³/mol. The largest absolute Gasteiger partial charge is 0.481 e. The Bertz CT molecular complexity index is 445. The van der Waals surface area contributed by atoms with E-state index >= 15 is 0 Å². The number of rotatable bonds is 3. The van der Waals surface area contributed by atoms with Crippen molar-refractivity contribution < 1.29 is 14.4 Å². The Morgan fingerprint density at radius 3 is 2.74 bits per heavy atom. The van der Waals surface area contributed by atoms with Crippen molar-refractivity contribution in [2.24, 2.45) is 0 Å². The molecule has 1 N–H and O–H groups in total. The number of piperazine rings is 1. The van der Waals surface area contributed by atoms with Crippen LogP contribution in [-0.4, -0.2) is 50.1 Å². The standard InChI is InChI=1S/C14H19ClN2O2/c1-11(19-13-5-3-4-12(15)10-13)14(18)17-8-6-16(2)7-9-17/h3-5,10-11H,6-9H2,1-2H3/p+1/t11-/m0/s1. The van der Waals surface area contributed by atoms with E-state index in [1.807, 2.05) is 17.0 Å². The molecular formula is C14H20ClN2O2+. The Morgan fingerprint density at radius 2 is 2.11 bits per heavy atom. The highest BCUT2D eigenvalue weighted by Crippen LogP contribution is 2.18. The van der Waals surface area contributed by atoms with Crippen LogP contribution in [0.5, 0.6) is 5.75 Å². The molecule has 0 aliphatic carbocycles. The quantitative estimate of drug-likeness (QED) is 0.875. The lowest BCUT2D eigenvalue weighted by Gasteiger charge is -2.31. The topological polar surface area (TPSA) is 34.0 Å². The monoisotopic (exact) mass is 283 g/mol. The van der Waals surface area contributed by atoms with Gasteiger partial charge in [0.2, 0.25) is 0 Å². The van der Waals surface area contributed by atoms with Gasteiger partial charge in [0.25, 0.3) is 5.91 Å². The molecule has 4 nitrogen and oxygen atoms in total. The zero-order chi connectivity index (χ0) is 13.8. The van der Waals surface area contributed by atoms with Gasteiger partial charge < -0.3 is 14.5 Å². The van der Waals surface area contributed by atoms with Crippen LogP contribution in [0.25, 0.3) is 0 Å². The minimum atomic E-state index is -0.475. The average Bonchev–Trinajstić information content (AvgIpc) is 2.39. The Morgan fingerprint density at radius 1 is 1.42 bits per heavy atom. The molecule has 0 spiro atoms. The van der Waals surface area contributed by atoms with Gasteiger partial charge >= 0.3 is 0 Å². The summed E-state index contributed by atoms with van der Waals surface area (Å²) in [5.74, 6) is 0.681. The lowest BCUT2D eigenvalue weighted by Crippen LogP contribution is -3.12. The fourth-order valence-electron chi connectivity index (χ4n) is 2.16. The molecule has 1 aromatic rings. The number of carbonyl (C=O) groups excluding carboxylic acids is 1. The van der Waals surface area contributed by atoms with Gasteiger partial charge in [-0.3, -0.25) is 4.79 Å². The third-order valence-electron chi connectivity index (χ3n) is 3.39. The number of hydrogen-bond acceptors (Lipinski definition) is 2. The molecular weight excluding hydrogens is 264 g/mol. The normalized spacial score (nSPS) is 18.2. The van der Waals surface area contributed by atoms with Crippen LogP contribution < -0.4 is 9.64 Å². The lowest BCUT2D eigenvalue weighted by molar-refractivity contribution is -0.883. The summed E-state index contributed by atoms with van der Waals surface area (Å²) < 4.78 is 5.65. The van der Waals surface area contributed by atoms with E-state index in [-0.39, 0.29) is 5.91 Å². The molecule has 1 saturated heterocycles. The van der Waals surface area contributed by atoms with Crippen LogP contribution in [0.15, 0.2) is 24.3 Å². The van der Waals surface area contributed by atoms with E-state index in [1.165, 1.54) is 4.90 Å². The van der Waals surface area contributed by atoms with Crippen LogP contribution in [0.4, 0.5) is 0 Å². The molecule has 2 rings (SSSR count). The van der Waals surface area contributed by atoms with Gasteiger partial charge in [0.15, 0.2) is 6.10 Å². The Labute approximate surface area is 118 Å². The minimum absolute atomic E-state index is 0.0486. The summed E-state index contributed by atoms with van der Waals surface area (Å²) in [5.41, 5.74) is 0. The molecule has 1 atom stereocenters. The number of carbonyl (C=O) groups is 1. The van der Waals surface area contributed by atoms with Crippen molar-refractivity contribution in [2.75, 3.05) is 33.2 Å². The van der Waals surface area contributed by atoms with E-state index < -0.39 is 6.10 Å². The van der Waals surface area contributed by atoms with E-state index in [9.17, 15) is 4.79 Å². The molecule has 0 bridgehead atoms. The van der Waals surface area contributed by atoms with E-state index in [0.717, 1.165) is 26.2 Å². The van der Waals surface area contributed by atoms with Gasteiger partial charge in [-0.05, 0) is 25.1 Å².